The van der Waals surface area contributed by atoms with Crippen LogP contribution in [-0.4, -0.2) is 18.4 Å². The van der Waals surface area contributed by atoms with Crippen molar-refractivity contribution in [3.8, 4) is 0 Å². The van der Waals surface area contributed by atoms with Gasteiger partial charge in [0.25, 0.3) is 0 Å². The maximum atomic E-state index is 12.6. The minimum atomic E-state index is -3.01. The molecule has 0 aliphatic heterocycles. The average Bonchev–Trinajstić information content (AvgIpc) is 2.09. The van der Waals surface area contributed by atoms with E-state index < -0.39 is 12.8 Å². The first-order valence-electron chi connectivity index (χ1n) is 5.97. The van der Waals surface area contributed by atoms with Gasteiger partial charge < -0.3 is 9.05 Å². The molecule has 0 radical (unpaired) electrons. The topological polar surface area (TPSA) is 35.5 Å². The summed E-state index contributed by atoms with van der Waals surface area (Å²) in [5, 5.41) is -0.462. The molecule has 0 aliphatic rings. The van der Waals surface area contributed by atoms with Crippen LogP contribution in [0.3, 0.4) is 0 Å². The molecule has 0 bridgehead atoms. The molecular weight excluding hydrogens is 223 g/mol. The van der Waals surface area contributed by atoms with Crippen LogP contribution in [0.2, 0.25) is 0 Å². The molecule has 0 aromatic rings. The molecule has 0 heterocycles. The van der Waals surface area contributed by atoms with Gasteiger partial charge in [0.15, 0.2) is 0 Å². The van der Waals surface area contributed by atoms with Crippen LogP contribution in [0.4, 0.5) is 0 Å². The van der Waals surface area contributed by atoms with Crippen molar-refractivity contribution in [3.63, 3.8) is 0 Å². The van der Waals surface area contributed by atoms with E-state index in [1.807, 2.05) is 48.5 Å². The van der Waals surface area contributed by atoms with Gasteiger partial charge in [-0.2, -0.15) is 0 Å². The predicted molar refractivity (Wildman–Crippen MR) is 68.9 cm³/mol. The minimum Gasteiger partial charge on any atom is -0.308 e. The quantitative estimate of drug-likeness (QED) is 0.658. The third-order valence-electron chi connectivity index (χ3n) is 1.98. The van der Waals surface area contributed by atoms with Gasteiger partial charge >= 0.3 is 7.60 Å². The van der Waals surface area contributed by atoms with Crippen molar-refractivity contribution in [1.82, 2.24) is 0 Å². The monoisotopic (exact) mass is 250 g/mol. The molecule has 0 spiro atoms. The van der Waals surface area contributed by atoms with Crippen LogP contribution >= 0.6 is 7.60 Å². The largest absolute Gasteiger partial charge is 0.335 e. The van der Waals surface area contributed by atoms with Gasteiger partial charge in [0.1, 0.15) is 0 Å². The zero-order valence-electron chi connectivity index (χ0n) is 11.7. The summed E-state index contributed by atoms with van der Waals surface area (Å²) in [7, 11) is -3.01. The number of hydrogen-bond donors (Lipinski definition) is 0. The highest BCUT2D eigenvalue weighted by molar-refractivity contribution is 7.55. The van der Waals surface area contributed by atoms with E-state index in [9.17, 15) is 4.57 Å². The van der Waals surface area contributed by atoms with Gasteiger partial charge in [-0.3, -0.25) is 4.57 Å². The first-order chi connectivity index (χ1) is 7.08. The fourth-order valence-electron chi connectivity index (χ4n) is 0.919. The first-order valence-corrected chi connectivity index (χ1v) is 7.52. The minimum absolute atomic E-state index is 0.360. The Morgan fingerprint density at radius 1 is 0.938 bits per heavy atom. The molecule has 0 amide bonds. The molecule has 0 aliphatic carbocycles. The molecule has 0 saturated carbocycles. The SMILES string of the molecule is CC(C)COP(=O)(OCC(C)C)C(C)(C)C. The molecule has 16 heavy (non-hydrogen) atoms. The Balaban J connectivity index is 4.57. The zero-order valence-corrected chi connectivity index (χ0v) is 12.6. The molecule has 0 aromatic heterocycles. The number of hydrogen-bond acceptors (Lipinski definition) is 3. The van der Waals surface area contributed by atoms with Crippen LogP contribution in [0.1, 0.15) is 48.5 Å². The van der Waals surface area contributed by atoms with Crippen LogP contribution < -0.4 is 0 Å². The molecular formula is C12H27O3P. The highest BCUT2D eigenvalue weighted by Crippen LogP contribution is 2.59. The summed E-state index contributed by atoms with van der Waals surface area (Å²) in [5.41, 5.74) is 0. The van der Waals surface area contributed by atoms with Gasteiger partial charge in [0.05, 0.1) is 18.4 Å². The summed E-state index contributed by atoms with van der Waals surface area (Å²) in [6.07, 6.45) is 0. The summed E-state index contributed by atoms with van der Waals surface area (Å²) in [4.78, 5) is 0. The second-order valence-corrected chi connectivity index (χ2v) is 8.90. The fourth-order valence-corrected chi connectivity index (χ4v) is 2.76. The van der Waals surface area contributed by atoms with Crippen LogP contribution in [0.5, 0.6) is 0 Å². The lowest BCUT2D eigenvalue weighted by Gasteiger charge is -2.30. The maximum Gasteiger partial charge on any atom is 0.335 e. The summed E-state index contributed by atoms with van der Waals surface area (Å²) in [5.74, 6) is 0.719. The van der Waals surface area contributed by atoms with Crippen molar-refractivity contribution in [2.75, 3.05) is 13.2 Å². The lowest BCUT2D eigenvalue weighted by Crippen LogP contribution is -2.21. The Morgan fingerprint density at radius 3 is 1.44 bits per heavy atom. The molecule has 0 rings (SSSR count). The molecule has 0 unspecified atom stereocenters. The Hall–Kier alpha value is 0.150. The molecule has 98 valence electrons. The van der Waals surface area contributed by atoms with E-state index in [0.29, 0.717) is 25.0 Å². The van der Waals surface area contributed by atoms with Crippen molar-refractivity contribution in [2.24, 2.45) is 11.8 Å². The third-order valence-corrected chi connectivity index (χ3v) is 4.60. The lowest BCUT2D eigenvalue weighted by atomic mass is 10.2. The highest BCUT2D eigenvalue weighted by Gasteiger charge is 2.39. The van der Waals surface area contributed by atoms with E-state index in [1.54, 1.807) is 0 Å². The van der Waals surface area contributed by atoms with Crippen molar-refractivity contribution >= 4 is 7.60 Å². The van der Waals surface area contributed by atoms with E-state index in [-0.39, 0.29) is 0 Å². The van der Waals surface area contributed by atoms with Crippen molar-refractivity contribution in [1.29, 1.82) is 0 Å². The summed E-state index contributed by atoms with van der Waals surface area (Å²) >= 11 is 0. The molecule has 0 saturated heterocycles. The fraction of sp³-hybridized carbons (Fsp3) is 1.00. The molecule has 0 N–H and O–H groups in total. The normalized spacial score (nSPS) is 13.8. The lowest BCUT2D eigenvalue weighted by molar-refractivity contribution is 0.160. The Kier molecular flexibility index (Phi) is 6.24. The second-order valence-electron chi connectivity index (χ2n) is 6.05. The van der Waals surface area contributed by atoms with E-state index in [2.05, 4.69) is 0 Å². The first kappa shape index (κ1) is 16.1. The summed E-state index contributed by atoms with van der Waals surface area (Å²) in [6.45, 7) is 14.8. The molecule has 0 atom stereocenters. The van der Waals surface area contributed by atoms with Crippen LogP contribution in [0.15, 0.2) is 0 Å². The van der Waals surface area contributed by atoms with Crippen LogP contribution in [0.25, 0.3) is 0 Å². The summed E-state index contributed by atoms with van der Waals surface area (Å²) in [6, 6.07) is 0. The molecule has 3 nitrogen and oxygen atoms in total. The molecule has 0 aromatic carbocycles. The smallest absolute Gasteiger partial charge is 0.308 e. The van der Waals surface area contributed by atoms with E-state index >= 15 is 0 Å². The van der Waals surface area contributed by atoms with Crippen LogP contribution in [0, 0.1) is 11.8 Å². The highest BCUT2D eigenvalue weighted by atomic mass is 31.2. The average molecular weight is 250 g/mol. The van der Waals surface area contributed by atoms with E-state index in [4.69, 9.17) is 9.05 Å². The van der Waals surface area contributed by atoms with Gasteiger partial charge in [-0.05, 0) is 32.6 Å². The van der Waals surface area contributed by atoms with E-state index in [1.165, 1.54) is 0 Å². The number of rotatable bonds is 6. The Labute approximate surface area is 100 Å². The molecule has 4 heteroatoms. The zero-order chi connectivity index (χ0) is 13.0. The van der Waals surface area contributed by atoms with Crippen molar-refractivity contribution < 1.29 is 13.6 Å². The van der Waals surface area contributed by atoms with Gasteiger partial charge in [-0.25, -0.2) is 0 Å². The van der Waals surface area contributed by atoms with Gasteiger partial charge in [-0.15, -0.1) is 0 Å². The van der Waals surface area contributed by atoms with Gasteiger partial charge in [0.2, 0.25) is 0 Å². The standard InChI is InChI=1S/C12H27O3P/c1-10(2)8-14-16(13,12(5,6)7)15-9-11(3)4/h10-11H,8-9H2,1-7H3. The second kappa shape index (κ2) is 6.18. The molecule has 0 fully saturated rings. The van der Waals surface area contributed by atoms with E-state index in [0.717, 1.165) is 0 Å². The van der Waals surface area contributed by atoms with Crippen molar-refractivity contribution in [3.05, 3.63) is 0 Å². The van der Waals surface area contributed by atoms with Crippen LogP contribution in [-0.2, 0) is 13.6 Å². The van der Waals surface area contributed by atoms with Gasteiger partial charge in [0, 0.05) is 0 Å². The Bertz CT molecular complexity index is 225. The maximum absolute atomic E-state index is 12.6. The summed E-state index contributed by atoms with van der Waals surface area (Å²) < 4.78 is 23.7. The van der Waals surface area contributed by atoms with Gasteiger partial charge in [-0.1, -0.05) is 27.7 Å². The Morgan fingerprint density at radius 2 is 1.25 bits per heavy atom. The van der Waals surface area contributed by atoms with Crippen molar-refractivity contribution in [2.45, 2.75) is 53.6 Å². The third kappa shape index (κ3) is 5.47. The predicted octanol–water partition coefficient (Wildman–Crippen LogP) is 4.32.